The van der Waals surface area contributed by atoms with Crippen molar-refractivity contribution in [2.24, 2.45) is 5.73 Å². The first-order valence-electron chi connectivity index (χ1n) is 5.90. The van der Waals surface area contributed by atoms with Crippen LogP contribution in [-0.2, 0) is 10.0 Å². The number of benzene rings is 1. The Morgan fingerprint density at radius 1 is 1.37 bits per heavy atom. The van der Waals surface area contributed by atoms with Crippen molar-refractivity contribution in [2.75, 3.05) is 27.2 Å². The fourth-order valence-electron chi connectivity index (χ4n) is 1.45. The predicted molar refractivity (Wildman–Crippen MR) is 73.3 cm³/mol. The largest absolute Gasteiger partial charge is 0.345 e. The number of nitrogens with one attached hydrogen (secondary N) is 1. The van der Waals surface area contributed by atoms with Crippen LogP contribution < -0.4 is 10.5 Å². The lowest BCUT2D eigenvalue weighted by Crippen LogP contribution is -2.27. The molecule has 1 rings (SSSR count). The molecule has 19 heavy (non-hydrogen) atoms. The van der Waals surface area contributed by atoms with Gasteiger partial charge in [0.25, 0.3) is 5.91 Å². The van der Waals surface area contributed by atoms with Crippen molar-refractivity contribution in [1.29, 1.82) is 0 Å². The summed E-state index contributed by atoms with van der Waals surface area (Å²) in [6.45, 7) is 0.701. The third-order valence-corrected chi connectivity index (χ3v) is 3.93. The first-order chi connectivity index (χ1) is 8.88. The van der Waals surface area contributed by atoms with Gasteiger partial charge in [-0.15, -0.1) is 0 Å². The first kappa shape index (κ1) is 15.6. The molecule has 0 bridgehead atoms. The molecule has 0 atom stereocenters. The maximum absolute atomic E-state index is 12.0. The van der Waals surface area contributed by atoms with Gasteiger partial charge in [-0.05, 0) is 31.2 Å². The molecule has 6 nitrogen and oxygen atoms in total. The van der Waals surface area contributed by atoms with Gasteiger partial charge in [0.05, 0.1) is 4.90 Å². The number of amides is 1. The van der Waals surface area contributed by atoms with Crippen LogP contribution in [0.15, 0.2) is 29.2 Å². The molecule has 0 heterocycles. The minimum Gasteiger partial charge on any atom is -0.345 e. The molecule has 0 aliphatic carbocycles. The highest BCUT2D eigenvalue weighted by Gasteiger charge is 2.16. The van der Waals surface area contributed by atoms with E-state index in [0.717, 1.165) is 0 Å². The summed E-state index contributed by atoms with van der Waals surface area (Å²) in [6, 6.07) is 5.96. The van der Waals surface area contributed by atoms with E-state index in [9.17, 15) is 13.2 Å². The van der Waals surface area contributed by atoms with E-state index in [-0.39, 0.29) is 17.3 Å². The number of nitrogens with two attached hydrogens (primary N) is 1. The van der Waals surface area contributed by atoms with Gasteiger partial charge in [0.15, 0.2) is 0 Å². The van der Waals surface area contributed by atoms with E-state index in [1.54, 1.807) is 26.2 Å². The summed E-state index contributed by atoms with van der Waals surface area (Å²) in [5.41, 5.74) is 5.65. The number of carbonyl (C=O) groups is 1. The van der Waals surface area contributed by atoms with E-state index >= 15 is 0 Å². The van der Waals surface area contributed by atoms with E-state index in [4.69, 9.17) is 5.73 Å². The molecule has 0 spiro atoms. The van der Waals surface area contributed by atoms with Gasteiger partial charge < -0.3 is 10.6 Å². The number of hydrogen-bond donors (Lipinski definition) is 2. The minimum atomic E-state index is -3.59. The molecule has 1 amide bonds. The third-order valence-electron chi connectivity index (χ3n) is 2.47. The fourth-order valence-corrected chi connectivity index (χ4v) is 2.57. The Balaban J connectivity index is 2.95. The predicted octanol–water partition coefficient (Wildman–Crippen LogP) is 0.0155. The van der Waals surface area contributed by atoms with Gasteiger partial charge in [0.2, 0.25) is 10.0 Å². The molecule has 1 aromatic carbocycles. The summed E-state index contributed by atoms with van der Waals surface area (Å²) in [4.78, 5) is 13.3. The zero-order valence-corrected chi connectivity index (χ0v) is 11.9. The van der Waals surface area contributed by atoms with Crippen LogP contribution in [0.3, 0.4) is 0 Å². The summed E-state index contributed by atoms with van der Waals surface area (Å²) in [5, 5.41) is 0. The van der Waals surface area contributed by atoms with Crippen molar-refractivity contribution < 1.29 is 13.2 Å². The monoisotopic (exact) mass is 285 g/mol. The molecule has 0 saturated carbocycles. The van der Waals surface area contributed by atoms with Crippen LogP contribution in [-0.4, -0.2) is 46.4 Å². The van der Waals surface area contributed by atoms with Crippen molar-refractivity contribution in [3.8, 4) is 0 Å². The van der Waals surface area contributed by atoms with Crippen LogP contribution in [0.2, 0.25) is 0 Å². The molecule has 0 saturated heterocycles. The second kappa shape index (κ2) is 6.65. The molecule has 0 unspecified atom stereocenters. The Morgan fingerprint density at radius 2 is 2.05 bits per heavy atom. The topological polar surface area (TPSA) is 92.5 Å². The van der Waals surface area contributed by atoms with Crippen molar-refractivity contribution >= 4 is 15.9 Å². The lowest BCUT2D eigenvalue weighted by Gasteiger charge is -2.11. The summed E-state index contributed by atoms with van der Waals surface area (Å²) < 4.78 is 26.4. The van der Waals surface area contributed by atoms with Gasteiger partial charge in [0.1, 0.15) is 0 Å². The number of carbonyl (C=O) groups excluding carboxylic acids is 1. The van der Waals surface area contributed by atoms with Gasteiger partial charge in [-0.2, -0.15) is 0 Å². The standard InChI is InChI=1S/C12H19N3O3S/c1-15(2)12(16)10-5-3-6-11(9-10)19(17,18)14-8-4-7-13/h3,5-6,9,14H,4,7-8,13H2,1-2H3. The van der Waals surface area contributed by atoms with Crippen molar-refractivity contribution in [3.63, 3.8) is 0 Å². The average Bonchev–Trinajstić information content (AvgIpc) is 2.38. The zero-order valence-electron chi connectivity index (χ0n) is 11.1. The van der Waals surface area contributed by atoms with Crippen LogP contribution in [0.4, 0.5) is 0 Å². The Hall–Kier alpha value is -1.44. The molecule has 0 fully saturated rings. The Morgan fingerprint density at radius 3 is 2.63 bits per heavy atom. The Labute approximate surface area is 113 Å². The summed E-state index contributed by atoms with van der Waals surface area (Å²) in [6.07, 6.45) is 0.565. The summed E-state index contributed by atoms with van der Waals surface area (Å²) in [7, 11) is -0.362. The first-order valence-corrected chi connectivity index (χ1v) is 7.38. The molecule has 7 heteroatoms. The van der Waals surface area contributed by atoms with E-state index in [1.807, 2.05) is 0 Å². The second-order valence-electron chi connectivity index (χ2n) is 4.27. The number of rotatable bonds is 6. The van der Waals surface area contributed by atoms with Crippen molar-refractivity contribution in [3.05, 3.63) is 29.8 Å². The van der Waals surface area contributed by atoms with Crippen molar-refractivity contribution in [1.82, 2.24) is 9.62 Å². The van der Waals surface area contributed by atoms with Crippen molar-refractivity contribution in [2.45, 2.75) is 11.3 Å². The van der Waals surface area contributed by atoms with Crippen LogP contribution >= 0.6 is 0 Å². The lowest BCUT2D eigenvalue weighted by atomic mass is 10.2. The lowest BCUT2D eigenvalue weighted by molar-refractivity contribution is 0.0827. The van der Waals surface area contributed by atoms with E-state index in [0.29, 0.717) is 18.5 Å². The normalized spacial score (nSPS) is 11.3. The van der Waals surface area contributed by atoms with Gasteiger partial charge in [0, 0.05) is 26.2 Å². The molecule has 1 aromatic rings. The van der Waals surface area contributed by atoms with Crippen LogP contribution in [0.1, 0.15) is 16.8 Å². The average molecular weight is 285 g/mol. The Kier molecular flexibility index (Phi) is 5.46. The smallest absolute Gasteiger partial charge is 0.253 e. The molecule has 0 radical (unpaired) electrons. The number of sulfonamides is 1. The molecule has 0 aliphatic heterocycles. The fraction of sp³-hybridized carbons (Fsp3) is 0.417. The highest BCUT2D eigenvalue weighted by Crippen LogP contribution is 2.12. The number of nitrogens with zero attached hydrogens (tertiary/aromatic N) is 1. The Bertz CT molecular complexity index is 541. The molecule has 106 valence electrons. The van der Waals surface area contributed by atoms with Crippen LogP contribution in [0.5, 0.6) is 0 Å². The quantitative estimate of drug-likeness (QED) is 0.720. The van der Waals surface area contributed by atoms with Gasteiger partial charge >= 0.3 is 0 Å². The molecule has 0 aliphatic rings. The third kappa shape index (κ3) is 4.30. The second-order valence-corrected chi connectivity index (χ2v) is 6.03. The molecular formula is C12H19N3O3S. The number of hydrogen-bond acceptors (Lipinski definition) is 4. The molecular weight excluding hydrogens is 266 g/mol. The van der Waals surface area contributed by atoms with Crippen LogP contribution in [0.25, 0.3) is 0 Å². The summed E-state index contributed by atoms with van der Waals surface area (Å²) >= 11 is 0. The molecule has 0 aromatic heterocycles. The zero-order chi connectivity index (χ0) is 14.5. The molecule has 3 N–H and O–H groups in total. The SMILES string of the molecule is CN(C)C(=O)c1cccc(S(=O)(=O)NCCCN)c1. The highest BCUT2D eigenvalue weighted by atomic mass is 32.2. The maximum Gasteiger partial charge on any atom is 0.253 e. The van der Waals surface area contributed by atoms with E-state index < -0.39 is 10.0 Å². The maximum atomic E-state index is 12.0. The van der Waals surface area contributed by atoms with Gasteiger partial charge in [-0.3, -0.25) is 4.79 Å². The van der Waals surface area contributed by atoms with Crippen LogP contribution in [0, 0.1) is 0 Å². The van der Waals surface area contributed by atoms with E-state index in [1.165, 1.54) is 17.0 Å². The minimum absolute atomic E-state index is 0.0808. The highest BCUT2D eigenvalue weighted by molar-refractivity contribution is 7.89. The van der Waals surface area contributed by atoms with Gasteiger partial charge in [-0.1, -0.05) is 6.07 Å². The van der Waals surface area contributed by atoms with Gasteiger partial charge in [-0.25, -0.2) is 13.1 Å². The van der Waals surface area contributed by atoms with E-state index in [2.05, 4.69) is 4.72 Å². The summed E-state index contributed by atoms with van der Waals surface area (Å²) in [5.74, 6) is -0.237.